The van der Waals surface area contributed by atoms with Gasteiger partial charge in [-0.25, -0.2) is 0 Å². The van der Waals surface area contributed by atoms with Crippen molar-refractivity contribution < 1.29 is 0 Å². The van der Waals surface area contributed by atoms with Crippen molar-refractivity contribution in [1.82, 2.24) is 0 Å². The molecule has 0 N–H and O–H groups in total. The van der Waals surface area contributed by atoms with Crippen molar-refractivity contribution in [1.29, 1.82) is 0 Å². The fourth-order valence-corrected chi connectivity index (χ4v) is 1.17. The molecule has 0 aromatic heterocycles. The van der Waals surface area contributed by atoms with Crippen LogP contribution < -0.4 is 0 Å². The lowest BCUT2D eigenvalue weighted by molar-refractivity contribution is 0.826. The Morgan fingerprint density at radius 3 is 2.44 bits per heavy atom. The molecule has 0 bridgehead atoms. The van der Waals surface area contributed by atoms with E-state index in [4.69, 9.17) is 0 Å². The van der Waals surface area contributed by atoms with Gasteiger partial charge in [-0.15, -0.1) is 0 Å². The Bertz CT molecular complexity index is 80.6. The zero-order chi connectivity index (χ0) is 7.11. The lowest BCUT2D eigenvalue weighted by Crippen LogP contribution is -1.74. The van der Waals surface area contributed by atoms with Crippen LogP contribution in [-0.4, -0.2) is 4.43 Å². The number of hydrogen-bond donors (Lipinski definition) is 0. The second kappa shape index (κ2) is 6.59. The molecule has 0 aromatic rings. The molecule has 0 spiro atoms. The van der Waals surface area contributed by atoms with Crippen LogP contribution in [0, 0.1) is 0 Å². The van der Waals surface area contributed by atoms with Gasteiger partial charge in [0.15, 0.2) is 0 Å². The predicted octanol–water partition coefficient (Wildman–Crippen LogP) is 3.56. The van der Waals surface area contributed by atoms with Gasteiger partial charge in [0.1, 0.15) is 0 Å². The van der Waals surface area contributed by atoms with Gasteiger partial charge in [-0.1, -0.05) is 34.2 Å². The van der Waals surface area contributed by atoms with Crippen LogP contribution in [0.4, 0.5) is 0 Å². The summed E-state index contributed by atoms with van der Waals surface area (Å²) in [7, 11) is 0. The zero-order valence-electron chi connectivity index (χ0n) is 6.28. The topological polar surface area (TPSA) is 0 Å². The highest BCUT2D eigenvalue weighted by Gasteiger charge is 1.82. The van der Waals surface area contributed by atoms with E-state index in [1.807, 2.05) is 0 Å². The van der Waals surface area contributed by atoms with E-state index in [1.54, 1.807) is 0 Å². The average Bonchev–Trinajstić information content (AvgIpc) is 1.80. The largest absolute Gasteiger partial charge is 0.0864 e. The van der Waals surface area contributed by atoms with Gasteiger partial charge in [0.05, 0.1) is 0 Å². The maximum absolute atomic E-state index is 2.42. The second-order valence-corrected chi connectivity index (χ2v) is 3.54. The van der Waals surface area contributed by atoms with Crippen molar-refractivity contribution in [2.75, 3.05) is 4.43 Å². The van der Waals surface area contributed by atoms with Gasteiger partial charge in [0.2, 0.25) is 0 Å². The molecule has 0 atom stereocenters. The van der Waals surface area contributed by atoms with E-state index in [0.29, 0.717) is 0 Å². The summed E-state index contributed by atoms with van der Waals surface area (Å²) in [4.78, 5) is 0. The Morgan fingerprint density at radius 1 is 1.33 bits per heavy atom. The van der Waals surface area contributed by atoms with Gasteiger partial charge in [0.25, 0.3) is 0 Å². The molecule has 0 aliphatic heterocycles. The predicted molar refractivity (Wildman–Crippen MR) is 52.2 cm³/mol. The van der Waals surface area contributed by atoms with E-state index in [9.17, 15) is 0 Å². The van der Waals surface area contributed by atoms with E-state index in [0.717, 1.165) is 0 Å². The number of alkyl halides is 1. The summed E-state index contributed by atoms with van der Waals surface area (Å²) in [6.07, 6.45) is 6.30. The lowest BCUT2D eigenvalue weighted by Gasteiger charge is -1.91. The van der Waals surface area contributed by atoms with Crippen LogP contribution >= 0.6 is 22.6 Å². The summed E-state index contributed by atoms with van der Waals surface area (Å²) in [5.41, 5.74) is 1.45. The van der Waals surface area contributed by atoms with E-state index >= 15 is 0 Å². The summed E-state index contributed by atoms with van der Waals surface area (Å²) in [6.45, 7) is 4.31. The highest BCUT2D eigenvalue weighted by molar-refractivity contribution is 14.1. The number of rotatable bonds is 4. The number of allylic oxidation sites excluding steroid dienone is 2. The van der Waals surface area contributed by atoms with Crippen molar-refractivity contribution >= 4 is 22.6 Å². The Balaban J connectivity index is 3.00. The second-order valence-electron chi connectivity index (χ2n) is 2.47. The molecule has 54 valence electrons. The first kappa shape index (κ1) is 9.47. The molecule has 1 heteroatoms. The van der Waals surface area contributed by atoms with Crippen LogP contribution in [-0.2, 0) is 0 Å². The van der Waals surface area contributed by atoms with E-state index < -0.39 is 0 Å². The summed E-state index contributed by atoms with van der Waals surface area (Å²) in [5, 5.41) is 0. The van der Waals surface area contributed by atoms with Gasteiger partial charge >= 0.3 is 0 Å². The zero-order valence-corrected chi connectivity index (χ0v) is 8.44. The monoisotopic (exact) mass is 238 g/mol. The third kappa shape index (κ3) is 8.47. The van der Waals surface area contributed by atoms with Gasteiger partial charge in [-0.2, -0.15) is 0 Å². The van der Waals surface area contributed by atoms with Gasteiger partial charge in [-0.05, 0) is 37.5 Å². The minimum absolute atomic E-state index is 1.27. The van der Waals surface area contributed by atoms with Crippen LogP contribution in [0.3, 0.4) is 0 Å². The van der Waals surface area contributed by atoms with Crippen LogP contribution in [0.5, 0.6) is 0 Å². The lowest BCUT2D eigenvalue weighted by atomic mass is 10.2. The van der Waals surface area contributed by atoms with Crippen LogP contribution in [0.2, 0.25) is 0 Å². The van der Waals surface area contributed by atoms with Crippen molar-refractivity contribution in [3.8, 4) is 0 Å². The Morgan fingerprint density at radius 2 is 2.00 bits per heavy atom. The maximum Gasteiger partial charge on any atom is -0.000462 e. The van der Waals surface area contributed by atoms with Crippen LogP contribution in [0.1, 0.15) is 33.1 Å². The van der Waals surface area contributed by atoms with E-state index in [1.165, 1.54) is 29.3 Å². The molecule has 0 radical (unpaired) electrons. The van der Waals surface area contributed by atoms with Gasteiger partial charge in [0, 0.05) is 0 Å². The van der Waals surface area contributed by atoms with Crippen molar-refractivity contribution in [2.24, 2.45) is 0 Å². The first-order valence-electron chi connectivity index (χ1n) is 3.46. The van der Waals surface area contributed by atoms with E-state index in [2.05, 4.69) is 42.5 Å². The maximum atomic E-state index is 2.42. The normalized spacial score (nSPS) is 9.22. The molecular weight excluding hydrogens is 223 g/mol. The third-order valence-electron chi connectivity index (χ3n) is 1.14. The Kier molecular flexibility index (Phi) is 6.93. The Hall–Kier alpha value is 0.470. The quantitative estimate of drug-likeness (QED) is 0.304. The molecule has 0 unspecified atom stereocenters. The summed E-state index contributed by atoms with van der Waals surface area (Å²) in [6, 6.07) is 0. The molecule has 0 rings (SSSR count). The van der Waals surface area contributed by atoms with Gasteiger partial charge < -0.3 is 0 Å². The molecule has 0 amide bonds. The first-order chi connectivity index (χ1) is 4.27. The summed E-state index contributed by atoms with van der Waals surface area (Å²) in [5.74, 6) is 0. The minimum Gasteiger partial charge on any atom is -0.0864 e. The summed E-state index contributed by atoms with van der Waals surface area (Å²) < 4.78 is 1.30. The highest BCUT2D eigenvalue weighted by atomic mass is 127. The Labute approximate surface area is 71.9 Å². The number of unbranched alkanes of at least 4 members (excludes halogenated alkanes) is 2. The molecule has 0 saturated heterocycles. The SMILES string of the molecule is CC(C)=CCCCCI. The smallest absolute Gasteiger partial charge is 0.000462 e. The number of hydrogen-bond acceptors (Lipinski definition) is 0. The fraction of sp³-hybridized carbons (Fsp3) is 0.750. The summed E-state index contributed by atoms with van der Waals surface area (Å²) >= 11 is 2.42. The van der Waals surface area contributed by atoms with Crippen LogP contribution in [0.15, 0.2) is 11.6 Å². The minimum atomic E-state index is 1.27. The molecule has 0 heterocycles. The molecule has 0 aromatic carbocycles. The molecule has 0 fully saturated rings. The molecule has 0 nitrogen and oxygen atoms in total. The standard InChI is InChI=1S/C8H15I/c1-8(2)6-4-3-5-7-9/h6H,3-5,7H2,1-2H3. The third-order valence-corrected chi connectivity index (χ3v) is 1.90. The first-order valence-corrected chi connectivity index (χ1v) is 4.99. The number of halogens is 1. The van der Waals surface area contributed by atoms with Crippen molar-refractivity contribution in [3.05, 3.63) is 11.6 Å². The average molecular weight is 238 g/mol. The van der Waals surface area contributed by atoms with E-state index in [-0.39, 0.29) is 0 Å². The fourth-order valence-electron chi connectivity index (χ4n) is 0.630. The molecule has 0 aliphatic rings. The molecule has 0 saturated carbocycles. The molecular formula is C8H15I. The van der Waals surface area contributed by atoms with Crippen molar-refractivity contribution in [2.45, 2.75) is 33.1 Å². The van der Waals surface area contributed by atoms with Crippen molar-refractivity contribution in [3.63, 3.8) is 0 Å². The molecule has 0 aliphatic carbocycles. The highest BCUT2D eigenvalue weighted by Crippen LogP contribution is 2.01. The van der Waals surface area contributed by atoms with Crippen LogP contribution in [0.25, 0.3) is 0 Å². The van der Waals surface area contributed by atoms with Gasteiger partial charge in [-0.3, -0.25) is 0 Å². The molecule has 9 heavy (non-hydrogen) atoms.